The number of nitro groups is 1. The molecular formula is C12H15N3O5S. The lowest BCUT2D eigenvalue weighted by Crippen LogP contribution is -2.44. The molecule has 1 unspecified atom stereocenters. The highest BCUT2D eigenvalue weighted by atomic mass is 32.2. The maximum absolute atomic E-state index is 12.4. The zero-order valence-corrected chi connectivity index (χ0v) is 12.0. The van der Waals surface area contributed by atoms with E-state index in [2.05, 4.69) is 0 Å². The normalized spacial score (nSPS) is 19.5. The predicted octanol–water partition coefficient (Wildman–Crippen LogP) is 0.374. The van der Waals surface area contributed by atoms with Crippen molar-refractivity contribution in [2.24, 2.45) is 5.73 Å². The second kappa shape index (κ2) is 5.78. The van der Waals surface area contributed by atoms with Gasteiger partial charge >= 0.3 is 0 Å². The van der Waals surface area contributed by atoms with E-state index in [1.165, 1.54) is 24.3 Å². The summed E-state index contributed by atoms with van der Waals surface area (Å²) in [5.41, 5.74) is 5.04. The van der Waals surface area contributed by atoms with Crippen LogP contribution in [0.2, 0.25) is 0 Å². The second-order valence-electron chi connectivity index (χ2n) is 4.81. The van der Waals surface area contributed by atoms with Crippen molar-refractivity contribution < 1.29 is 18.1 Å². The van der Waals surface area contributed by atoms with Gasteiger partial charge in [0.05, 0.1) is 10.7 Å². The van der Waals surface area contributed by atoms with Crippen LogP contribution >= 0.6 is 0 Å². The summed E-state index contributed by atoms with van der Waals surface area (Å²) in [6.45, 7) is 0.205. The van der Waals surface area contributed by atoms with Crippen molar-refractivity contribution >= 4 is 21.6 Å². The van der Waals surface area contributed by atoms with Gasteiger partial charge in [-0.25, -0.2) is 8.42 Å². The summed E-state index contributed by atoms with van der Waals surface area (Å²) in [5.74, 6) is -1.22. The van der Waals surface area contributed by atoms with Gasteiger partial charge in [0.1, 0.15) is 6.04 Å². The molecule has 0 aromatic heterocycles. The van der Waals surface area contributed by atoms with Crippen molar-refractivity contribution in [2.45, 2.75) is 24.6 Å². The number of primary amides is 1. The number of carbonyl (C=O) groups excluding carboxylic acids is 1. The fourth-order valence-electron chi connectivity index (χ4n) is 2.45. The lowest BCUT2D eigenvalue weighted by molar-refractivity contribution is -0.385. The maximum Gasteiger partial charge on any atom is 0.273 e. The highest BCUT2D eigenvalue weighted by molar-refractivity contribution is 7.88. The molecule has 8 nitrogen and oxygen atoms in total. The van der Waals surface area contributed by atoms with Gasteiger partial charge in [-0.15, -0.1) is 0 Å². The van der Waals surface area contributed by atoms with Crippen molar-refractivity contribution in [3.05, 3.63) is 39.9 Å². The van der Waals surface area contributed by atoms with Gasteiger partial charge in [-0.1, -0.05) is 18.2 Å². The van der Waals surface area contributed by atoms with Gasteiger partial charge in [-0.3, -0.25) is 14.9 Å². The summed E-state index contributed by atoms with van der Waals surface area (Å²) in [7, 11) is -3.84. The Bertz CT molecular complexity index is 673. The number of nitrogens with two attached hydrogens (primary N) is 1. The first-order valence-electron chi connectivity index (χ1n) is 6.34. The molecule has 1 amide bonds. The molecule has 0 bridgehead atoms. The van der Waals surface area contributed by atoms with Crippen LogP contribution in [0.15, 0.2) is 24.3 Å². The molecule has 1 heterocycles. The molecule has 21 heavy (non-hydrogen) atoms. The molecule has 1 fully saturated rings. The fourth-order valence-corrected chi connectivity index (χ4v) is 4.26. The number of benzene rings is 1. The van der Waals surface area contributed by atoms with E-state index >= 15 is 0 Å². The van der Waals surface area contributed by atoms with Crippen molar-refractivity contribution in [1.82, 2.24) is 4.31 Å². The molecule has 0 saturated carbocycles. The quantitative estimate of drug-likeness (QED) is 0.621. The molecular weight excluding hydrogens is 298 g/mol. The summed E-state index contributed by atoms with van der Waals surface area (Å²) in [6, 6.07) is 4.78. The number of para-hydroxylation sites is 1. The molecule has 2 N–H and O–H groups in total. The third kappa shape index (κ3) is 3.19. The Hall–Kier alpha value is -2.00. The fraction of sp³-hybridized carbons (Fsp3) is 0.417. The highest BCUT2D eigenvalue weighted by Gasteiger charge is 2.38. The summed E-state index contributed by atoms with van der Waals surface area (Å²) >= 11 is 0. The lowest BCUT2D eigenvalue weighted by atomic mass is 10.2. The Kier molecular flexibility index (Phi) is 4.24. The first-order valence-corrected chi connectivity index (χ1v) is 7.95. The zero-order valence-electron chi connectivity index (χ0n) is 11.1. The minimum Gasteiger partial charge on any atom is -0.368 e. The average Bonchev–Trinajstić information content (AvgIpc) is 2.88. The number of nitrogens with zero attached hydrogens (tertiary/aromatic N) is 2. The minimum absolute atomic E-state index is 0.0950. The standard InChI is InChI=1S/C12H15N3O5S/c13-12(16)11-6-3-7-14(11)21(19,20)8-9-4-1-2-5-10(9)15(17)18/h1-2,4-5,11H,3,6-8H2,(H2,13,16). The van der Waals surface area contributed by atoms with Crippen LogP contribution in [0.25, 0.3) is 0 Å². The number of hydrogen-bond acceptors (Lipinski definition) is 5. The first-order chi connectivity index (χ1) is 9.83. The van der Waals surface area contributed by atoms with Crippen LogP contribution in [0.1, 0.15) is 18.4 Å². The van der Waals surface area contributed by atoms with Gasteiger partial charge in [0.25, 0.3) is 5.69 Å². The molecule has 1 aromatic carbocycles. The topological polar surface area (TPSA) is 124 Å². The Morgan fingerprint density at radius 2 is 2.10 bits per heavy atom. The molecule has 114 valence electrons. The largest absolute Gasteiger partial charge is 0.368 e. The molecule has 1 aliphatic rings. The number of nitro benzene ring substituents is 1. The van der Waals surface area contributed by atoms with Crippen LogP contribution in [0.4, 0.5) is 5.69 Å². The number of sulfonamides is 1. The van der Waals surface area contributed by atoms with Crippen LogP contribution in [0, 0.1) is 10.1 Å². The smallest absolute Gasteiger partial charge is 0.273 e. The molecule has 2 rings (SSSR count). The molecule has 1 saturated heterocycles. The van der Waals surface area contributed by atoms with Crippen molar-refractivity contribution in [1.29, 1.82) is 0 Å². The second-order valence-corrected chi connectivity index (χ2v) is 6.73. The van der Waals surface area contributed by atoms with Crippen molar-refractivity contribution in [2.75, 3.05) is 6.54 Å². The van der Waals surface area contributed by atoms with Crippen molar-refractivity contribution in [3.8, 4) is 0 Å². The minimum atomic E-state index is -3.84. The van der Waals surface area contributed by atoms with Gasteiger partial charge in [-0.05, 0) is 12.8 Å². The summed E-state index contributed by atoms with van der Waals surface area (Å²) in [4.78, 5) is 21.6. The third-order valence-electron chi connectivity index (χ3n) is 3.42. The van der Waals surface area contributed by atoms with Crippen LogP contribution in [-0.4, -0.2) is 36.1 Å². The molecule has 1 aliphatic heterocycles. The van der Waals surface area contributed by atoms with Crippen LogP contribution in [0.5, 0.6) is 0 Å². The summed E-state index contributed by atoms with van der Waals surface area (Å²) in [6.07, 6.45) is 0.926. The van der Waals surface area contributed by atoms with Crippen LogP contribution in [0.3, 0.4) is 0 Å². The van der Waals surface area contributed by atoms with Gasteiger partial charge in [0, 0.05) is 18.2 Å². The van der Waals surface area contributed by atoms with E-state index in [-0.39, 0.29) is 17.8 Å². The maximum atomic E-state index is 12.4. The number of rotatable bonds is 5. The van der Waals surface area contributed by atoms with Crippen LogP contribution in [-0.2, 0) is 20.6 Å². The van der Waals surface area contributed by atoms with Gasteiger partial charge in [0.2, 0.25) is 15.9 Å². The van der Waals surface area contributed by atoms with E-state index in [0.717, 1.165) is 4.31 Å². The third-order valence-corrected chi connectivity index (χ3v) is 5.24. The Labute approximate surface area is 121 Å². The lowest BCUT2D eigenvalue weighted by Gasteiger charge is -2.21. The molecule has 0 spiro atoms. The van der Waals surface area contributed by atoms with E-state index in [0.29, 0.717) is 12.8 Å². The average molecular weight is 313 g/mol. The molecule has 9 heteroatoms. The molecule has 0 radical (unpaired) electrons. The molecule has 0 aliphatic carbocycles. The van der Waals surface area contributed by atoms with E-state index in [9.17, 15) is 23.3 Å². The predicted molar refractivity (Wildman–Crippen MR) is 74.6 cm³/mol. The number of hydrogen-bond donors (Lipinski definition) is 1. The number of amides is 1. The Morgan fingerprint density at radius 3 is 2.71 bits per heavy atom. The van der Waals surface area contributed by atoms with E-state index in [1.807, 2.05) is 0 Å². The van der Waals surface area contributed by atoms with E-state index < -0.39 is 32.6 Å². The van der Waals surface area contributed by atoms with Gasteiger partial charge in [0.15, 0.2) is 0 Å². The summed E-state index contributed by atoms with van der Waals surface area (Å²) in [5, 5.41) is 10.9. The Morgan fingerprint density at radius 1 is 1.43 bits per heavy atom. The summed E-state index contributed by atoms with van der Waals surface area (Å²) < 4.78 is 25.8. The Balaban J connectivity index is 2.30. The van der Waals surface area contributed by atoms with Gasteiger partial charge in [-0.2, -0.15) is 4.31 Å². The zero-order chi connectivity index (χ0) is 15.6. The van der Waals surface area contributed by atoms with Gasteiger partial charge < -0.3 is 5.73 Å². The molecule has 1 atom stereocenters. The van der Waals surface area contributed by atoms with Crippen LogP contribution < -0.4 is 5.73 Å². The highest BCUT2D eigenvalue weighted by Crippen LogP contribution is 2.26. The van der Waals surface area contributed by atoms with Crippen molar-refractivity contribution in [3.63, 3.8) is 0 Å². The monoisotopic (exact) mass is 313 g/mol. The SMILES string of the molecule is NC(=O)C1CCCN1S(=O)(=O)Cc1ccccc1[N+](=O)[O-]. The molecule has 1 aromatic rings. The van der Waals surface area contributed by atoms with E-state index in [1.54, 1.807) is 0 Å². The first kappa shape index (κ1) is 15.4. The number of carbonyl (C=O) groups is 1. The van der Waals surface area contributed by atoms with E-state index in [4.69, 9.17) is 5.73 Å².